The van der Waals surface area contributed by atoms with Crippen LogP contribution in [0.25, 0.3) is 0 Å². The zero-order valence-corrected chi connectivity index (χ0v) is 19.0. The first-order chi connectivity index (χ1) is 16.5. The highest BCUT2D eigenvalue weighted by molar-refractivity contribution is 6.01. The van der Waals surface area contributed by atoms with E-state index in [-0.39, 0.29) is 17.6 Å². The molecule has 1 atom stereocenters. The van der Waals surface area contributed by atoms with Gasteiger partial charge in [-0.2, -0.15) is 0 Å². The summed E-state index contributed by atoms with van der Waals surface area (Å²) in [6.07, 6.45) is 0.400. The number of nitrogen functional groups attached to an aromatic ring is 1. The van der Waals surface area contributed by atoms with Gasteiger partial charge in [0.2, 0.25) is 5.91 Å². The number of piperazine rings is 1. The first kappa shape index (κ1) is 23.0. The van der Waals surface area contributed by atoms with Crippen molar-refractivity contribution >= 4 is 23.3 Å². The molecule has 0 aliphatic carbocycles. The van der Waals surface area contributed by atoms with Crippen LogP contribution in [0.1, 0.15) is 21.5 Å². The van der Waals surface area contributed by atoms with Crippen LogP contribution >= 0.6 is 0 Å². The molecule has 174 valence electrons. The van der Waals surface area contributed by atoms with Gasteiger partial charge in [-0.15, -0.1) is 0 Å². The molecular formula is C27H29N5O2. The SMILES string of the molecule is N=C(N)c1cccc(C(=O)N[C@H](Cc2ccccc2)C(=O)N2CCN(c3ccccc3)CC2)c1. The first-order valence-electron chi connectivity index (χ1n) is 11.4. The zero-order chi connectivity index (χ0) is 23.9. The van der Waals surface area contributed by atoms with Crippen molar-refractivity contribution in [1.82, 2.24) is 10.2 Å². The second kappa shape index (κ2) is 10.7. The van der Waals surface area contributed by atoms with Gasteiger partial charge in [-0.05, 0) is 29.8 Å². The average Bonchev–Trinajstić information content (AvgIpc) is 2.89. The van der Waals surface area contributed by atoms with Crippen LogP contribution in [0, 0.1) is 5.41 Å². The summed E-state index contributed by atoms with van der Waals surface area (Å²) >= 11 is 0. The molecule has 1 heterocycles. The standard InChI is InChI=1S/C27H29N5O2/c28-25(29)21-10-7-11-22(19-21)26(33)30-24(18-20-8-3-1-4-9-20)27(34)32-16-14-31(15-17-32)23-12-5-2-6-13-23/h1-13,19,24H,14-18H2,(H3,28,29)(H,30,33)/t24-/m1/s1. The predicted octanol–water partition coefficient (Wildman–Crippen LogP) is 2.66. The predicted molar refractivity (Wildman–Crippen MR) is 134 cm³/mol. The van der Waals surface area contributed by atoms with Crippen LogP contribution in [0.15, 0.2) is 84.9 Å². The van der Waals surface area contributed by atoms with Crippen molar-refractivity contribution in [2.45, 2.75) is 12.5 Å². The molecule has 7 heteroatoms. The van der Waals surface area contributed by atoms with Gasteiger partial charge in [0.15, 0.2) is 0 Å². The highest BCUT2D eigenvalue weighted by Crippen LogP contribution is 2.17. The second-order valence-corrected chi connectivity index (χ2v) is 8.36. The van der Waals surface area contributed by atoms with Gasteiger partial charge in [-0.25, -0.2) is 0 Å². The lowest BCUT2D eigenvalue weighted by Crippen LogP contribution is -2.55. The molecule has 0 aromatic heterocycles. The highest BCUT2D eigenvalue weighted by atomic mass is 16.2. The van der Waals surface area contributed by atoms with E-state index in [1.807, 2.05) is 53.4 Å². The summed E-state index contributed by atoms with van der Waals surface area (Å²) in [4.78, 5) is 30.7. The maximum atomic E-state index is 13.5. The Kier molecular flexibility index (Phi) is 7.22. The third-order valence-corrected chi connectivity index (χ3v) is 6.03. The molecule has 34 heavy (non-hydrogen) atoms. The Morgan fingerprint density at radius 3 is 2.12 bits per heavy atom. The monoisotopic (exact) mass is 455 g/mol. The molecule has 4 rings (SSSR count). The van der Waals surface area contributed by atoms with Gasteiger partial charge < -0.3 is 20.9 Å². The van der Waals surface area contributed by atoms with Gasteiger partial charge in [0.1, 0.15) is 11.9 Å². The molecule has 4 N–H and O–H groups in total. The van der Waals surface area contributed by atoms with Crippen molar-refractivity contribution in [3.8, 4) is 0 Å². The Morgan fingerprint density at radius 2 is 1.47 bits per heavy atom. The van der Waals surface area contributed by atoms with E-state index in [1.165, 1.54) is 0 Å². The number of carbonyl (C=O) groups is 2. The number of hydrogen-bond acceptors (Lipinski definition) is 4. The van der Waals surface area contributed by atoms with Crippen molar-refractivity contribution in [1.29, 1.82) is 5.41 Å². The molecule has 1 saturated heterocycles. The normalized spacial score (nSPS) is 14.4. The molecule has 1 aliphatic rings. The number of amides is 2. The van der Waals surface area contributed by atoms with Crippen molar-refractivity contribution in [3.05, 3.63) is 102 Å². The van der Waals surface area contributed by atoms with Crippen LogP contribution in [0.4, 0.5) is 5.69 Å². The summed E-state index contributed by atoms with van der Waals surface area (Å²) in [7, 11) is 0. The van der Waals surface area contributed by atoms with Gasteiger partial charge in [-0.3, -0.25) is 15.0 Å². The molecule has 1 aliphatic heterocycles. The maximum Gasteiger partial charge on any atom is 0.251 e. The summed E-state index contributed by atoms with van der Waals surface area (Å²) in [5.74, 6) is -0.559. The fourth-order valence-corrected chi connectivity index (χ4v) is 4.16. The van der Waals surface area contributed by atoms with Crippen molar-refractivity contribution in [2.24, 2.45) is 5.73 Å². The third-order valence-electron chi connectivity index (χ3n) is 6.03. The van der Waals surface area contributed by atoms with E-state index in [9.17, 15) is 9.59 Å². The third kappa shape index (κ3) is 5.61. The number of carbonyl (C=O) groups excluding carboxylic acids is 2. The Bertz CT molecular complexity index is 1140. The summed E-state index contributed by atoms with van der Waals surface area (Å²) in [6.45, 7) is 2.66. The molecule has 3 aromatic rings. The Hall–Kier alpha value is -4.13. The smallest absolute Gasteiger partial charge is 0.251 e. The lowest BCUT2D eigenvalue weighted by Gasteiger charge is -2.37. The van der Waals surface area contributed by atoms with Gasteiger partial charge >= 0.3 is 0 Å². The van der Waals surface area contributed by atoms with E-state index >= 15 is 0 Å². The second-order valence-electron chi connectivity index (χ2n) is 8.36. The van der Waals surface area contributed by atoms with Gasteiger partial charge in [0.25, 0.3) is 5.91 Å². The fourth-order valence-electron chi connectivity index (χ4n) is 4.16. The minimum Gasteiger partial charge on any atom is -0.384 e. The Balaban J connectivity index is 1.48. The number of anilines is 1. The van der Waals surface area contributed by atoms with E-state index in [2.05, 4.69) is 22.3 Å². The van der Waals surface area contributed by atoms with Crippen LogP contribution in [0.2, 0.25) is 0 Å². The molecule has 0 unspecified atom stereocenters. The minimum absolute atomic E-state index is 0.0902. The number of nitrogens with one attached hydrogen (secondary N) is 2. The largest absolute Gasteiger partial charge is 0.384 e. The fraction of sp³-hybridized carbons (Fsp3) is 0.222. The molecule has 0 spiro atoms. The molecule has 1 fully saturated rings. The lowest BCUT2D eigenvalue weighted by atomic mass is 10.0. The molecule has 2 amide bonds. The maximum absolute atomic E-state index is 13.5. The molecule has 0 bridgehead atoms. The minimum atomic E-state index is -0.695. The quantitative estimate of drug-likeness (QED) is 0.376. The Labute approximate surface area is 199 Å². The number of nitrogens with zero attached hydrogens (tertiary/aromatic N) is 2. The number of hydrogen-bond donors (Lipinski definition) is 3. The van der Waals surface area contributed by atoms with Gasteiger partial charge in [0, 0.05) is 49.4 Å². The van der Waals surface area contributed by atoms with Crippen LogP contribution in [-0.4, -0.2) is 54.8 Å². The van der Waals surface area contributed by atoms with E-state index in [4.69, 9.17) is 11.1 Å². The highest BCUT2D eigenvalue weighted by Gasteiger charge is 2.29. The number of amidine groups is 1. The van der Waals surface area contributed by atoms with Crippen LogP contribution in [-0.2, 0) is 11.2 Å². The first-order valence-corrected chi connectivity index (χ1v) is 11.4. The molecular weight excluding hydrogens is 426 g/mol. The molecule has 0 saturated carbocycles. The summed E-state index contributed by atoms with van der Waals surface area (Å²) in [5, 5.41) is 10.6. The molecule has 7 nitrogen and oxygen atoms in total. The number of benzene rings is 3. The molecule has 0 radical (unpaired) electrons. The van der Waals surface area contributed by atoms with Gasteiger partial charge in [-0.1, -0.05) is 60.7 Å². The van der Waals surface area contributed by atoms with Gasteiger partial charge in [0.05, 0.1) is 0 Å². The number of para-hydroxylation sites is 1. The van der Waals surface area contributed by atoms with Crippen molar-refractivity contribution in [3.63, 3.8) is 0 Å². The van der Waals surface area contributed by atoms with Crippen molar-refractivity contribution < 1.29 is 9.59 Å². The summed E-state index contributed by atoms with van der Waals surface area (Å²) in [5.41, 5.74) is 8.53. The molecule has 3 aromatic carbocycles. The number of nitrogens with two attached hydrogens (primary N) is 1. The zero-order valence-electron chi connectivity index (χ0n) is 19.0. The lowest BCUT2D eigenvalue weighted by molar-refractivity contribution is -0.133. The van der Waals surface area contributed by atoms with Crippen LogP contribution < -0.4 is 16.0 Å². The van der Waals surface area contributed by atoms with Crippen molar-refractivity contribution in [2.75, 3.05) is 31.1 Å². The van der Waals surface area contributed by atoms with E-state index in [0.717, 1.165) is 24.3 Å². The Morgan fingerprint density at radius 1 is 0.853 bits per heavy atom. The van der Waals surface area contributed by atoms with E-state index in [0.29, 0.717) is 30.6 Å². The van der Waals surface area contributed by atoms with Crippen LogP contribution in [0.3, 0.4) is 0 Å². The van der Waals surface area contributed by atoms with E-state index in [1.54, 1.807) is 24.3 Å². The summed E-state index contributed by atoms with van der Waals surface area (Å²) < 4.78 is 0. The van der Waals surface area contributed by atoms with E-state index < -0.39 is 6.04 Å². The summed E-state index contributed by atoms with van der Waals surface area (Å²) in [6, 6.07) is 25.7. The number of rotatable bonds is 7. The topological polar surface area (TPSA) is 103 Å². The van der Waals surface area contributed by atoms with Crippen LogP contribution in [0.5, 0.6) is 0 Å². The average molecular weight is 456 g/mol.